The number of nitrogens with zero attached hydrogens (tertiary/aromatic N) is 3. The normalized spacial score (nSPS) is 12.9. The minimum atomic E-state index is 0.160. The first-order valence-corrected chi connectivity index (χ1v) is 5.88. The maximum atomic E-state index is 5.44. The highest BCUT2D eigenvalue weighted by Crippen LogP contribution is 2.09. The van der Waals surface area contributed by atoms with Gasteiger partial charge in [-0.1, -0.05) is 6.07 Å². The average Bonchev–Trinajstić information content (AvgIpc) is 2.71. The summed E-state index contributed by atoms with van der Waals surface area (Å²) in [6, 6.07) is 3.99. The summed E-state index contributed by atoms with van der Waals surface area (Å²) in [6.07, 6.45) is 2.06. The van der Waals surface area contributed by atoms with Gasteiger partial charge in [0.05, 0.1) is 6.10 Å². The predicted octanol–water partition coefficient (Wildman–Crippen LogP) is 1.87. The van der Waals surface area contributed by atoms with Crippen LogP contribution in [-0.4, -0.2) is 33.9 Å². The van der Waals surface area contributed by atoms with Crippen LogP contribution in [0.1, 0.15) is 19.4 Å². The fourth-order valence-corrected chi connectivity index (χ4v) is 1.69. The number of fused-ring (bicyclic) bond motifs is 1. The van der Waals surface area contributed by atoms with Crippen molar-refractivity contribution in [1.82, 2.24) is 14.6 Å². The largest absolute Gasteiger partial charge is 0.377 e. The van der Waals surface area contributed by atoms with Gasteiger partial charge in [-0.2, -0.15) is 4.98 Å². The number of hydrogen-bond acceptors (Lipinski definition) is 4. The van der Waals surface area contributed by atoms with Crippen LogP contribution < -0.4 is 5.32 Å². The van der Waals surface area contributed by atoms with Crippen molar-refractivity contribution < 1.29 is 4.74 Å². The Hall–Kier alpha value is -1.62. The van der Waals surface area contributed by atoms with E-state index in [0.717, 1.165) is 17.8 Å². The van der Waals surface area contributed by atoms with E-state index in [2.05, 4.69) is 15.4 Å². The molecule has 0 aliphatic rings. The highest BCUT2D eigenvalue weighted by molar-refractivity contribution is 5.49. The highest BCUT2D eigenvalue weighted by atomic mass is 16.5. The zero-order valence-electron chi connectivity index (χ0n) is 10.5. The summed E-state index contributed by atoms with van der Waals surface area (Å²) >= 11 is 0. The first-order chi connectivity index (χ1) is 8.20. The topological polar surface area (TPSA) is 51.5 Å². The molecule has 0 radical (unpaired) electrons. The molecule has 0 saturated heterocycles. The molecule has 0 fully saturated rings. The van der Waals surface area contributed by atoms with Gasteiger partial charge in [-0.15, -0.1) is 5.10 Å². The van der Waals surface area contributed by atoms with Gasteiger partial charge in [0, 0.05) is 19.3 Å². The maximum absolute atomic E-state index is 5.44. The molecule has 0 aromatic carbocycles. The minimum absolute atomic E-state index is 0.160. The second kappa shape index (κ2) is 5.14. The van der Waals surface area contributed by atoms with Crippen LogP contribution in [0.5, 0.6) is 0 Å². The summed E-state index contributed by atoms with van der Waals surface area (Å²) in [5.74, 6) is 0.644. The zero-order valence-corrected chi connectivity index (χ0v) is 10.5. The number of aryl methyl sites for hydroxylation is 1. The Kier molecular flexibility index (Phi) is 3.58. The van der Waals surface area contributed by atoms with Gasteiger partial charge in [0.1, 0.15) is 0 Å². The smallest absolute Gasteiger partial charge is 0.243 e. The summed E-state index contributed by atoms with van der Waals surface area (Å²) in [5, 5.41) is 7.52. The molecule has 5 heteroatoms. The van der Waals surface area contributed by atoms with E-state index in [1.54, 1.807) is 4.52 Å². The maximum Gasteiger partial charge on any atom is 0.243 e. The Morgan fingerprint density at radius 2 is 2.35 bits per heavy atom. The lowest BCUT2D eigenvalue weighted by molar-refractivity contribution is 0.0854. The zero-order chi connectivity index (χ0) is 12.3. The highest BCUT2D eigenvalue weighted by Gasteiger charge is 2.06. The molecule has 2 rings (SSSR count). The monoisotopic (exact) mass is 234 g/mol. The van der Waals surface area contributed by atoms with Gasteiger partial charge in [-0.05, 0) is 32.4 Å². The standard InChI is InChI=1S/C12H18N4O/c1-4-17-10(3)8-13-12-14-11-9(2)6-5-7-16(11)15-12/h5-7,10H,4,8H2,1-3H3,(H,13,15). The first kappa shape index (κ1) is 11.9. The molecule has 0 saturated carbocycles. The Balaban J connectivity index is 2.07. The number of hydrogen-bond donors (Lipinski definition) is 1. The molecule has 0 spiro atoms. The molecule has 2 aromatic rings. The lowest BCUT2D eigenvalue weighted by Gasteiger charge is -2.10. The van der Waals surface area contributed by atoms with Gasteiger partial charge in [-0.3, -0.25) is 0 Å². The van der Waals surface area contributed by atoms with Gasteiger partial charge >= 0.3 is 0 Å². The van der Waals surface area contributed by atoms with Gasteiger partial charge in [0.2, 0.25) is 5.95 Å². The summed E-state index contributed by atoms with van der Waals surface area (Å²) in [7, 11) is 0. The predicted molar refractivity (Wildman–Crippen MR) is 67.3 cm³/mol. The molecule has 1 unspecified atom stereocenters. The van der Waals surface area contributed by atoms with E-state index in [9.17, 15) is 0 Å². The van der Waals surface area contributed by atoms with E-state index < -0.39 is 0 Å². The van der Waals surface area contributed by atoms with Crippen LogP contribution in [-0.2, 0) is 4.74 Å². The Bertz CT molecular complexity index is 494. The van der Waals surface area contributed by atoms with E-state index >= 15 is 0 Å². The third kappa shape index (κ3) is 2.74. The van der Waals surface area contributed by atoms with Crippen LogP contribution in [0.15, 0.2) is 18.3 Å². The van der Waals surface area contributed by atoms with Crippen molar-refractivity contribution in [2.24, 2.45) is 0 Å². The lowest BCUT2D eigenvalue weighted by atomic mass is 10.3. The minimum Gasteiger partial charge on any atom is -0.377 e. The van der Waals surface area contributed by atoms with Crippen molar-refractivity contribution in [3.63, 3.8) is 0 Å². The SMILES string of the molecule is CCOC(C)CNc1nc2c(C)cccn2n1. The second-order valence-electron chi connectivity index (χ2n) is 4.04. The summed E-state index contributed by atoms with van der Waals surface area (Å²) in [5.41, 5.74) is 2.00. The first-order valence-electron chi connectivity index (χ1n) is 5.88. The fourth-order valence-electron chi connectivity index (χ4n) is 1.69. The molecule has 0 bridgehead atoms. The van der Waals surface area contributed by atoms with E-state index in [1.807, 2.05) is 39.1 Å². The number of rotatable bonds is 5. The second-order valence-corrected chi connectivity index (χ2v) is 4.04. The van der Waals surface area contributed by atoms with Gasteiger partial charge in [0.15, 0.2) is 5.65 Å². The summed E-state index contributed by atoms with van der Waals surface area (Å²) < 4.78 is 7.22. The Morgan fingerprint density at radius 1 is 1.53 bits per heavy atom. The van der Waals surface area contributed by atoms with E-state index in [-0.39, 0.29) is 6.10 Å². The molecule has 1 N–H and O–H groups in total. The lowest BCUT2D eigenvalue weighted by Crippen LogP contribution is -2.20. The molecule has 5 nitrogen and oxygen atoms in total. The van der Waals surface area contributed by atoms with E-state index in [0.29, 0.717) is 12.5 Å². The fraction of sp³-hybridized carbons (Fsp3) is 0.500. The van der Waals surface area contributed by atoms with Crippen molar-refractivity contribution in [1.29, 1.82) is 0 Å². The van der Waals surface area contributed by atoms with Crippen molar-refractivity contribution in [2.75, 3.05) is 18.5 Å². The molecule has 0 aliphatic heterocycles. The number of ether oxygens (including phenoxy) is 1. The molecular formula is C12H18N4O. The Labute approximate surface area is 101 Å². The average molecular weight is 234 g/mol. The van der Waals surface area contributed by atoms with Gasteiger partial charge in [-0.25, -0.2) is 4.52 Å². The van der Waals surface area contributed by atoms with Crippen molar-refractivity contribution in [3.8, 4) is 0 Å². The Morgan fingerprint density at radius 3 is 3.06 bits per heavy atom. The van der Waals surface area contributed by atoms with E-state index in [4.69, 9.17) is 4.74 Å². The van der Waals surface area contributed by atoms with Crippen molar-refractivity contribution in [2.45, 2.75) is 26.9 Å². The van der Waals surface area contributed by atoms with Gasteiger partial charge < -0.3 is 10.1 Å². The molecule has 17 heavy (non-hydrogen) atoms. The molecule has 0 amide bonds. The summed E-state index contributed by atoms with van der Waals surface area (Å²) in [4.78, 5) is 4.43. The molecule has 1 atom stereocenters. The van der Waals surface area contributed by atoms with Crippen LogP contribution in [0, 0.1) is 6.92 Å². The van der Waals surface area contributed by atoms with Crippen molar-refractivity contribution in [3.05, 3.63) is 23.9 Å². The number of nitrogens with one attached hydrogen (secondary N) is 1. The van der Waals surface area contributed by atoms with Crippen LogP contribution >= 0.6 is 0 Å². The van der Waals surface area contributed by atoms with Crippen LogP contribution in [0.25, 0.3) is 5.65 Å². The molecule has 0 aliphatic carbocycles. The van der Waals surface area contributed by atoms with Gasteiger partial charge in [0.25, 0.3) is 0 Å². The van der Waals surface area contributed by atoms with Crippen LogP contribution in [0.4, 0.5) is 5.95 Å². The van der Waals surface area contributed by atoms with Crippen LogP contribution in [0.3, 0.4) is 0 Å². The third-order valence-electron chi connectivity index (χ3n) is 2.56. The molecule has 2 aromatic heterocycles. The summed E-state index contributed by atoms with van der Waals surface area (Å²) in [6.45, 7) is 7.47. The van der Waals surface area contributed by atoms with Crippen molar-refractivity contribution >= 4 is 11.6 Å². The number of pyridine rings is 1. The number of aromatic nitrogens is 3. The number of anilines is 1. The quantitative estimate of drug-likeness (QED) is 0.858. The van der Waals surface area contributed by atoms with Crippen LogP contribution in [0.2, 0.25) is 0 Å². The third-order valence-corrected chi connectivity index (χ3v) is 2.56. The molecule has 92 valence electrons. The molecule has 2 heterocycles. The van der Waals surface area contributed by atoms with E-state index in [1.165, 1.54) is 0 Å². The molecular weight excluding hydrogens is 216 g/mol.